The van der Waals surface area contributed by atoms with Gasteiger partial charge in [0.25, 0.3) is 0 Å². The van der Waals surface area contributed by atoms with Crippen LogP contribution in [0.3, 0.4) is 0 Å². The van der Waals surface area contributed by atoms with Crippen molar-refractivity contribution in [3.05, 3.63) is 12.7 Å². The van der Waals surface area contributed by atoms with Crippen molar-refractivity contribution >= 4 is 0 Å². The fourth-order valence-corrected chi connectivity index (χ4v) is 1.95. The molecule has 0 radical (unpaired) electrons. The highest BCUT2D eigenvalue weighted by atomic mass is 14.9. The summed E-state index contributed by atoms with van der Waals surface area (Å²) < 4.78 is 0. The maximum Gasteiger partial charge on any atom is 0.0219 e. The minimum Gasteiger partial charge on any atom is -0.311 e. The molecular formula is C11H21N. The fraction of sp³-hybridized carbons (Fsp3) is 0.818. The summed E-state index contributed by atoms with van der Waals surface area (Å²) in [6, 6.07) is 0.470. The lowest BCUT2D eigenvalue weighted by Gasteiger charge is -2.17. The molecule has 1 heteroatoms. The molecule has 1 aliphatic rings. The SMILES string of the molecule is C=CC(C)NCC1CCCC1C. The molecule has 0 aromatic rings. The normalized spacial score (nSPS) is 31.8. The lowest BCUT2D eigenvalue weighted by molar-refractivity contribution is 0.385. The zero-order chi connectivity index (χ0) is 8.97. The maximum atomic E-state index is 3.76. The Balaban J connectivity index is 2.17. The second kappa shape index (κ2) is 4.66. The van der Waals surface area contributed by atoms with E-state index in [0.29, 0.717) is 6.04 Å². The van der Waals surface area contributed by atoms with Crippen molar-refractivity contribution in [1.82, 2.24) is 5.32 Å². The quantitative estimate of drug-likeness (QED) is 0.635. The largest absolute Gasteiger partial charge is 0.311 e. The van der Waals surface area contributed by atoms with Gasteiger partial charge in [-0.2, -0.15) is 0 Å². The number of nitrogens with one attached hydrogen (secondary N) is 1. The van der Waals surface area contributed by atoms with Crippen LogP contribution in [0.5, 0.6) is 0 Å². The molecule has 12 heavy (non-hydrogen) atoms. The van der Waals surface area contributed by atoms with E-state index in [2.05, 4.69) is 25.7 Å². The molecule has 0 saturated heterocycles. The van der Waals surface area contributed by atoms with Gasteiger partial charge in [-0.25, -0.2) is 0 Å². The fourth-order valence-electron chi connectivity index (χ4n) is 1.95. The first-order valence-electron chi connectivity index (χ1n) is 5.10. The van der Waals surface area contributed by atoms with E-state index in [0.717, 1.165) is 11.8 Å². The predicted molar refractivity (Wildman–Crippen MR) is 54.2 cm³/mol. The summed E-state index contributed by atoms with van der Waals surface area (Å²) in [6.45, 7) is 9.47. The van der Waals surface area contributed by atoms with Gasteiger partial charge in [0.05, 0.1) is 0 Å². The van der Waals surface area contributed by atoms with Gasteiger partial charge in [-0.3, -0.25) is 0 Å². The lowest BCUT2D eigenvalue weighted by atomic mass is 9.98. The monoisotopic (exact) mass is 167 g/mol. The van der Waals surface area contributed by atoms with Crippen molar-refractivity contribution in [1.29, 1.82) is 0 Å². The van der Waals surface area contributed by atoms with Gasteiger partial charge in [0.1, 0.15) is 0 Å². The van der Waals surface area contributed by atoms with Gasteiger partial charge in [0.15, 0.2) is 0 Å². The van der Waals surface area contributed by atoms with E-state index in [1.54, 1.807) is 0 Å². The molecule has 3 unspecified atom stereocenters. The summed E-state index contributed by atoms with van der Waals surface area (Å²) in [7, 11) is 0. The smallest absolute Gasteiger partial charge is 0.0219 e. The van der Waals surface area contributed by atoms with Crippen LogP contribution >= 0.6 is 0 Å². The van der Waals surface area contributed by atoms with Gasteiger partial charge in [0.2, 0.25) is 0 Å². The van der Waals surface area contributed by atoms with Crippen LogP contribution in [-0.4, -0.2) is 12.6 Å². The third kappa shape index (κ3) is 2.63. The van der Waals surface area contributed by atoms with Crippen molar-refractivity contribution in [2.45, 2.75) is 39.2 Å². The zero-order valence-electron chi connectivity index (χ0n) is 8.34. The van der Waals surface area contributed by atoms with Crippen molar-refractivity contribution in [3.8, 4) is 0 Å². The molecule has 1 saturated carbocycles. The van der Waals surface area contributed by atoms with Gasteiger partial charge in [0, 0.05) is 6.04 Å². The molecule has 0 spiro atoms. The second-order valence-electron chi connectivity index (χ2n) is 4.10. The van der Waals surface area contributed by atoms with Crippen molar-refractivity contribution in [2.24, 2.45) is 11.8 Å². The molecular weight excluding hydrogens is 146 g/mol. The Kier molecular flexibility index (Phi) is 3.80. The Bertz CT molecular complexity index is 142. The average Bonchev–Trinajstić information content (AvgIpc) is 2.47. The molecule has 1 aliphatic carbocycles. The molecule has 70 valence electrons. The average molecular weight is 167 g/mol. The van der Waals surface area contributed by atoms with Crippen LogP contribution < -0.4 is 5.32 Å². The zero-order valence-corrected chi connectivity index (χ0v) is 8.34. The highest BCUT2D eigenvalue weighted by Gasteiger charge is 2.22. The van der Waals surface area contributed by atoms with Crippen molar-refractivity contribution < 1.29 is 0 Å². The molecule has 0 aromatic heterocycles. The third-order valence-corrected chi connectivity index (χ3v) is 3.09. The van der Waals surface area contributed by atoms with E-state index in [-0.39, 0.29) is 0 Å². The van der Waals surface area contributed by atoms with Crippen LogP contribution in [0.25, 0.3) is 0 Å². The second-order valence-corrected chi connectivity index (χ2v) is 4.10. The van der Waals surface area contributed by atoms with Crippen LogP contribution in [-0.2, 0) is 0 Å². The van der Waals surface area contributed by atoms with Crippen LogP contribution in [0.1, 0.15) is 33.1 Å². The molecule has 1 rings (SSSR count). The van der Waals surface area contributed by atoms with Gasteiger partial charge in [-0.05, 0) is 31.7 Å². The Hall–Kier alpha value is -0.300. The van der Waals surface area contributed by atoms with Crippen LogP contribution in [0.2, 0.25) is 0 Å². The molecule has 0 bridgehead atoms. The van der Waals surface area contributed by atoms with E-state index in [1.165, 1.54) is 25.8 Å². The summed E-state index contributed by atoms with van der Waals surface area (Å²) in [5, 5.41) is 3.49. The molecule has 0 amide bonds. The number of hydrogen-bond donors (Lipinski definition) is 1. The molecule has 0 heterocycles. The summed E-state index contributed by atoms with van der Waals surface area (Å²) >= 11 is 0. The summed E-state index contributed by atoms with van der Waals surface area (Å²) in [5.74, 6) is 1.84. The van der Waals surface area contributed by atoms with Crippen molar-refractivity contribution in [2.75, 3.05) is 6.54 Å². The first-order chi connectivity index (χ1) is 5.74. The van der Waals surface area contributed by atoms with Gasteiger partial charge in [-0.15, -0.1) is 6.58 Å². The van der Waals surface area contributed by atoms with Crippen LogP contribution in [0.4, 0.5) is 0 Å². The minimum atomic E-state index is 0.470. The van der Waals surface area contributed by atoms with E-state index >= 15 is 0 Å². The van der Waals surface area contributed by atoms with E-state index in [9.17, 15) is 0 Å². The maximum absolute atomic E-state index is 3.76. The first kappa shape index (κ1) is 9.79. The van der Waals surface area contributed by atoms with Crippen LogP contribution in [0, 0.1) is 11.8 Å². The molecule has 0 aliphatic heterocycles. The Morgan fingerprint density at radius 3 is 2.83 bits per heavy atom. The van der Waals surface area contributed by atoms with Crippen molar-refractivity contribution in [3.63, 3.8) is 0 Å². The summed E-state index contributed by atoms with van der Waals surface area (Å²) in [6.07, 6.45) is 6.24. The molecule has 0 aromatic carbocycles. The van der Waals surface area contributed by atoms with Gasteiger partial charge in [-0.1, -0.05) is 25.8 Å². The molecule has 3 atom stereocenters. The lowest BCUT2D eigenvalue weighted by Crippen LogP contribution is -2.30. The van der Waals surface area contributed by atoms with E-state index in [1.807, 2.05) is 6.08 Å². The molecule has 1 nitrogen and oxygen atoms in total. The summed E-state index contributed by atoms with van der Waals surface area (Å²) in [4.78, 5) is 0. The summed E-state index contributed by atoms with van der Waals surface area (Å²) in [5.41, 5.74) is 0. The Labute approximate surface area is 76.2 Å². The highest BCUT2D eigenvalue weighted by Crippen LogP contribution is 2.30. The first-order valence-corrected chi connectivity index (χ1v) is 5.10. The van der Waals surface area contributed by atoms with Gasteiger partial charge >= 0.3 is 0 Å². The van der Waals surface area contributed by atoms with Gasteiger partial charge < -0.3 is 5.32 Å². The predicted octanol–water partition coefficient (Wildman–Crippen LogP) is 2.59. The van der Waals surface area contributed by atoms with Crippen LogP contribution in [0.15, 0.2) is 12.7 Å². The minimum absolute atomic E-state index is 0.470. The third-order valence-electron chi connectivity index (χ3n) is 3.09. The topological polar surface area (TPSA) is 12.0 Å². The Morgan fingerprint density at radius 2 is 2.33 bits per heavy atom. The number of hydrogen-bond acceptors (Lipinski definition) is 1. The highest BCUT2D eigenvalue weighted by molar-refractivity contribution is 4.84. The Morgan fingerprint density at radius 1 is 1.58 bits per heavy atom. The van der Waals surface area contributed by atoms with E-state index in [4.69, 9.17) is 0 Å². The standard InChI is InChI=1S/C11H21N/c1-4-10(3)12-8-11-7-5-6-9(11)2/h4,9-12H,1,5-8H2,2-3H3. The molecule has 1 fully saturated rings. The molecule has 1 N–H and O–H groups in total. The van der Waals surface area contributed by atoms with E-state index < -0.39 is 0 Å². The number of rotatable bonds is 4.